The molecule has 0 saturated carbocycles. The maximum atomic E-state index is 10.6. The standard InChI is InChI=1S/C16H17NO3/c1-16(2,13-7-9-17-10-8-13)20-14-5-3-12(4-6-14)11-15(18)19/h3-10H,11H2,1-2H3,(H,18,19). The van der Waals surface area contributed by atoms with Crippen LogP contribution in [0.25, 0.3) is 0 Å². The highest BCUT2D eigenvalue weighted by Crippen LogP contribution is 2.27. The number of rotatable bonds is 5. The fraction of sp³-hybridized carbons (Fsp3) is 0.250. The largest absolute Gasteiger partial charge is 0.483 e. The number of hydrogen-bond donors (Lipinski definition) is 1. The Bertz CT molecular complexity index is 576. The summed E-state index contributed by atoms with van der Waals surface area (Å²) in [5.74, 6) is -0.128. The molecule has 0 amide bonds. The maximum Gasteiger partial charge on any atom is 0.307 e. The SMILES string of the molecule is CC(C)(Oc1ccc(CC(=O)O)cc1)c1ccncc1. The molecule has 0 unspecified atom stereocenters. The number of nitrogens with zero attached hydrogens (tertiary/aromatic N) is 1. The van der Waals surface area contributed by atoms with Gasteiger partial charge < -0.3 is 9.84 Å². The zero-order valence-electron chi connectivity index (χ0n) is 11.5. The van der Waals surface area contributed by atoms with Crippen LogP contribution in [0, 0.1) is 0 Å². The van der Waals surface area contributed by atoms with E-state index in [9.17, 15) is 4.79 Å². The van der Waals surface area contributed by atoms with Crippen LogP contribution in [0.5, 0.6) is 5.75 Å². The summed E-state index contributed by atoms with van der Waals surface area (Å²) in [6.07, 6.45) is 3.49. The number of ether oxygens (including phenoxy) is 1. The molecule has 0 fully saturated rings. The van der Waals surface area contributed by atoms with Crippen LogP contribution in [0.2, 0.25) is 0 Å². The van der Waals surface area contributed by atoms with Crippen molar-refractivity contribution in [1.29, 1.82) is 0 Å². The topological polar surface area (TPSA) is 59.4 Å². The molecular formula is C16H17NO3. The van der Waals surface area contributed by atoms with E-state index in [1.54, 1.807) is 36.7 Å². The Morgan fingerprint density at radius 3 is 2.30 bits per heavy atom. The quantitative estimate of drug-likeness (QED) is 0.908. The minimum Gasteiger partial charge on any atom is -0.483 e. The Labute approximate surface area is 118 Å². The molecule has 0 spiro atoms. The highest BCUT2D eigenvalue weighted by molar-refractivity contribution is 5.70. The van der Waals surface area contributed by atoms with Crippen LogP contribution < -0.4 is 4.74 Å². The lowest BCUT2D eigenvalue weighted by molar-refractivity contribution is -0.136. The van der Waals surface area contributed by atoms with Crippen molar-refractivity contribution in [2.24, 2.45) is 0 Å². The van der Waals surface area contributed by atoms with Crippen LogP contribution in [0.15, 0.2) is 48.8 Å². The molecule has 20 heavy (non-hydrogen) atoms. The van der Waals surface area contributed by atoms with E-state index in [0.717, 1.165) is 11.1 Å². The van der Waals surface area contributed by atoms with Crippen molar-refractivity contribution in [2.75, 3.05) is 0 Å². The molecule has 0 bridgehead atoms. The van der Waals surface area contributed by atoms with E-state index in [4.69, 9.17) is 9.84 Å². The minimum atomic E-state index is -0.837. The molecule has 2 rings (SSSR count). The maximum absolute atomic E-state index is 10.6. The van der Waals surface area contributed by atoms with Gasteiger partial charge in [-0.1, -0.05) is 12.1 Å². The van der Waals surface area contributed by atoms with E-state index in [1.807, 2.05) is 26.0 Å². The summed E-state index contributed by atoms with van der Waals surface area (Å²) in [5, 5.41) is 8.73. The van der Waals surface area contributed by atoms with Crippen LogP contribution in [-0.4, -0.2) is 16.1 Å². The van der Waals surface area contributed by atoms with E-state index in [1.165, 1.54) is 0 Å². The monoisotopic (exact) mass is 271 g/mol. The van der Waals surface area contributed by atoms with Gasteiger partial charge >= 0.3 is 5.97 Å². The molecule has 1 aromatic carbocycles. The van der Waals surface area contributed by atoms with Gasteiger partial charge in [-0.2, -0.15) is 0 Å². The number of aromatic nitrogens is 1. The van der Waals surface area contributed by atoms with Gasteiger partial charge in [-0.15, -0.1) is 0 Å². The van der Waals surface area contributed by atoms with Gasteiger partial charge in [0.2, 0.25) is 0 Å². The third kappa shape index (κ3) is 3.57. The zero-order chi connectivity index (χ0) is 14.6. The van der Waals surface area contributed by atoms with Gasteiger partial charge in [-0.25, -0.2) is 0 Å². The Balaban J connectivity index is 2.11. The van der Waals surface area contributed by atoms with Crippen molar-refractivity contribution >= 4 is 5.97 Å². The van der Waals surface area contributed by atoms with Crippen LogP contribution >= 0.6 is 0 Å². The van der Waals surface area contributed by atoms with Crippen molar-refractivity contribution in [3.05, 3.63) is 59.9 Å². The molecule has 0 aliphatic carbocycles. The van der Waals surface area contributed by atoms with Gasteiger partial charge in [0.25, 0.3) is 0 Å². The summed E-state index contributed by atoms with van der Waals surface area (Å²) in [4.78, 5) is 14.6. The van der Waals surface area contributed by atoms with Crippen molar-refractivity contribution < 1.29 is 14.6 Å². The summed E-state index contributed by atoms with van der Waals surface area (Å²) in [6, 6.07) is 11.0. The van der Waals surface area contributed by atoms with Gasteiger partial charge in [-0.3, -0.25) is 9.78 Å². The van der Waals surface area contributed by atoms with Gasteiger partial charge in [0.05, 0.1) is 6.42 Å². The fourth-order valence-corrected chi connectivity index (χ4v) is 1.96. The predicted octanol–water partition coefficient (Wildman–Crippen LogP) is 3.02. The van der Waals surface area contributed by atoms with Crippen molar-refractivity contribution in [3.8, 4) is 5.75 Å². The van der Waals surface area contributed by atoms with Crippen LogP contribution in [0.3, 0.4) is 0 Å². The summed E-state index contributed by atoms with van der Waals surface area (Å²) in [5.41, 5.74) is 1.31. The van der Waals surface area contributed by atoms with Gasteiger partial charge in [-0.05, 0) is 49.2 Å². The number of carboxylic acid groups (broad SMARTS) is 1. The first-order valence-corrected chi connectivity index (χ1v) is 6.37. The molecule has 1 aromatic heterocycles. The lowest BCUT2D eigenvalue weighted by Crippen LogP contribution is -2.25. The minimum absolute atomic E-state index is 0.0219. The van der Waals surface area contributed by atoms with E-state index in [-0.39, 0.29) is 6.42 Å². The second kappa shape index (κ2) is 5.74. The molecule has 104 valence electrons. The average Bonchev–Trinajstić information content (AvgIpc) is 2.41. The molecule has 0 aliphatic heterocycles. The van der Waals surface area contributed by atoms with E-state index >= 15 is 0 Å². The number of aliphatic carboxylic acids is 1. The number of carbonyl (C=O) groups is 1. The second-order valence-corrected chi connectivity index (χ2v) is 5.06. The Kier molecular flexibility index (Phi) is 4.03. The number of pyridine rings is 1. The molecular weight excluding hydrogens is 254 g/mol. The molecule has 4 nitrogen and oxygen atoms in total. The number of hydrogen-bond acceptors (Lipinski definition) is 3. The third-order valence-electron chi connectivity index (χ3n) is 3.03. The molecule has 0 saturated heterocycles. The molecule has 2 aromatic rings. The molecule has 1 N–H and O–H groups in total. The third-order valence-corrected chi connectivity index (χ3v) is 3.03. The van der Waals surface area contributed by atoms with E-state index in [2.05, 4.69) is 4.98 Å². The molecule has 1 heterocycles. The normalized spacial score (nSPS) is 11.1. The summed E-state index contributed by atoms with van der Waals surface area (Å²) in [7, 11) is 0. The van der Waals surface area contributed by atoms with Crippen LogP contribution in [-0.2, 0) is 16.8 Å². The fourth-order valence-electron chi connectivity index (χ4n) is 1.96. The zero-order valence-corrected chi connectivity index (χ0v) is 11.5. The first-order chi connectivity index (χ1) is 9.47. The first-order valence-electron chi connectivity index (χ1n) is 6.37. The molecule has 0 atom stereocenters. The van der Waals surface area contributed by atoms with E-state index < -0.39 is 11.6 Å². The average molecular weight is 271 g/mol. The Hall–Kier alpha value is -2.36. The van der Waals surface area contributed by atoms with Crippen LogP contribution in [0.1, 0.15) is 25.0 Å². The molecule has 0 aliphatic rings. The summed E-state index contributed by atoms with van der Waals surface area (Å²) in [6.45, 7) is 3.96. The summed E-state index contributed by atoms with van der Waals surface area (Å²) >= 11 is 0. The van der Waals surface area contributed by atoms with Crippen molar-refractivity contribution in [2.45, 2.75) is 25.9 Å². The van der Waals surface area contributed by atoms with Gasteiger partial charge in [0, 0.05) is 12.4 Å². The lowest BCUT2D eigenvalue weighted by Gasteiger charge is -2.27. The van der Waals surface area contributed by atoms with Gasteiger partial charge in [0.1, 0.15) is 11.4 Å². The number of benzene rings is 1. The van der Waals surface area contributed by atoms with E-state index in [0.29, 0.717) is 5.75 Å². The highest BCUT2D eigenvalue weighted by atomic mass is 16.5. The smallest absolute Gasteiger partial charge is 0.307 e. The second-order valence-electron chi connectivity index (χ2n) is 5.06. The molecule has 4 heteroatoms. The lowest BCUT2D eigenvalue weighted by atomic mass is 9.99. The Morgan fingerprint density at radius 1 is 1.15 bits per heavy atom. The van der Waals surface area contributed by atoms with Crippen LogP contribution in [0.4, 0.5) is 0 Å². The van der Waals surface area contributed by atoms with Crippen molar-refractivity contribution in [1.82, 2.24) is 4.98 Å². The first kappa shape index (κ1) is 14.1. The van der Waals surface area contributed by atoms with Crippen molar-refractivity contribution in [3.63, 3.8) is 0 Å². The predicted molar refractivity (Wildman–Crippen MR) is 75.7 cm³/mol. The molecule has 0 radical (unpaired) electrons. The highest BCUT2D eigenvalue weighted by Gasteiger charge is 2.22. The summed E-state index contributed by atoms with van der Waals surface area (Å²) < 4.78 is 5.97. The Morgan fingerprint density at radius 2 is 1.75 bits per heavy atom. The van der Waals surface area contributed by atoms with Gasteiger partial charge in [0.15, 0.2) is 0 Å². The number of carboxylic acids is 1.